The number of carbonyl (C=O) groups is 2. The van der Waals surface area contributed by atoms with E-state index in [9.17, 15) is 14.7 Å². The summed E-state index contributed by atoms with van der Waals surface area (Å²) in [6.45, 7) is 0. The smallest absolute Gasteiger partial charge is 0.336 e. The van der Waals surface area contributed by atoms with Gasteiger partial charge in [0.2, 0.25) is 0 Å². The van der Waals surface area contributed by atoms with Crippen LogP contribution in [-0.2, 0) is 0 Å². The van der Waals surface area contributed by atoms with Crippen molar-refractivity contribution < 1.29 is 23.5 Å². The van der Waals surface area contributed by atoms with Gasteiger partial charge >= 0.3 is 11.9 Å². The fraction of sp³-hybridized carbons (Fsp3) is 0. The van der Waals surface area contributed by atoms with Crippen LogP contribution in [0.3, 0.4) is 0 Å². The first-order chi connectivity index (χ1) is 15.6. The lowest BCUT2D eigenvalue weighted by atomic mass is 10.1. The largest absolute Gasteiger partial charge is 0.478 e. The van der Waals surface area contributed by atoms with Gasteiger partial charge in [-0.15, -0.1) is 0 Å². The Hall–Kier alpha value is -4.65. The molecule has 32 heavy (non-hydrogen) atoms. The molecule has 5 rings (SSSR count). The topological polar surface area (TPSA) is 105 Å². The first-order valence-electron chi connectivity index (χ1n) is 9.77. The lowest BCUT2D eigenvalue weighted by Crippen LogP contribution is -2.16. The number of fused-ring (bicyclic) bond motifs is 3. The zero-order valence-electron chi connectivity index (χ0n) is 16.6. The minimum atomic E-state index is -1.04. The van der Waals surface area contributed by atoms with E-state index < -0.39 is 11.9 Å². The van der Waals surface area contributed by atoms with Gasteiger partial charge in [0.15, 0.2) is 5.76 Å². The second-order valence-corrected chi connectivity index (χ2v) is 7.06. The number of rotatable bonds is 5. The summed E-state index contributed by atoms with van der Waals surface area (Å²) >= 11 is 0. The molecule has 7 heteroatoms. The summed E-state index contributed by atoms with van der Waals surface area (Å²) in [5.74, 6) is -0.650. The molecule has 0 atom stereocenters. The standard InChI is InChI=1S/C25H16N2O5/c28-24(23-13-20-17-6-2-1-5-15(17)9-11-22(20)32-23)27-26-14-16-10-12-21(31-16)18-7-3-4-8-19(18)25(29)30/h1-14H,(H,27,28)(H,29,30)/b26-14+. The molecule has 2 heterocycles. The van der Waals surface area contributed by atoms with Crippen LogP contribution in [0.2, 0.25) is 0 Å². The Morgan fingerprint density at radius 3 is 2.56 bits per heavy atom. The maximum absolute atomic E-state index is 12.5. The van der Waals surface area contributed by atoms with Gasteiger partial charge in [-0.25, -0.2) is 10.2 Å². The first-order valence-corrected chi connectivity index (χ1v) is 9.77. The van der Waals surface area contributed by atoms with Crippen molar-refractivity contribution in [2.45, 2.75) is 0 Å². The molecule has 0 radical (unpaired) electrons. The lowest BCUT2D eigenvalue weighted by Gasteiger charge is -2.01. The highest BCUT2D eigenvalue weighted by Crippen LogP contribution is 2.28. The number of benzene rings is 3. The van der Waals surface area contributed by atoms with Gasteiger partial charge in [-0.1, -0.05) is 48.5 Å². The summed E-state index contributed by atoms with van der Waals surface area (Å²) in [5.41, 5.74) is 3.63. The zero-order valence-corrected chi connectivity index (χ0v) is 16.6. The summed E-state index contributed by atoms with van der Waals surface area (Å²) in [5, 5.41) is 16.2. The van der Waals surface area contributed by atoms with Crippen LogP contribution < -0.4 is 5.43 Å². The van der Waals surface area contributed by atoms with Gasteiger partial charge in [0.1, 0.15) is 17.1 Å². The number of hydrogen-bond acceptors (Lipinski definition) is 5. The van der Waals surface area contributed by atoms with Gasteiger partial charge in [0.25, 0.3) is 0 Å². The Morgan fingerprint density at radius 2 is 1.69 bits per heavy atom. The second-order valence-electron chi connectivity index (χ2n) is 7.06. The zero-order chi connectivity index (χ0) is 22.1. The number of carbonyl (C=O) groups excluding carboxylic acids is 1. The molecule has 1 amide bonds. The van der Waals surface area contributed by atoms with Crippen LogP contribution in [0.15, 0.2) is 92.8 Å². The van der Waals surface area contributed by atoms with Gasteiger partial charge in [-0.05, 0) is 41.1 Å². The van der Waals surface area contributed by atoms with Crippen molar-refractivity contribution in [2.24, 2.45) is 5.10 Å². The van der Waals surface area contributed by atoms with Crippen LogP contribution >= 0.6 is 0 Å². The van der Waals surface area contributed by atoms with Crippen molar-refractivity contribution in [3.63, 3.8) is 0 Å². The maximum Gasteiger partial charge on any atom is 0.336 e. The molecule has 0 aliphatic heterocycles. The summed E-state index contributed by atoms with van der Waals surface area (Å²) < 4.78 is 11.3. The Balaban J connectivity index is 1.33. The molecule has 0 aliphatic carbocycles. The maximum atomic E-state index is 12.5. The first kappa shape index (κ1) is 19.3. The Kier molecular flexibility index (Phi) is 4.76. The monoisotopic (exact) mass is 424 g/mol. The molecule has 156 valence electrons. The van der Waals surface area contributed by atoms with Crippen LogP contribution in [0.25, 0.3) is 33.1 Å². The fourth-order valence-electron chi connectivity index (χ4n) is 3.57. The summed E-state index contributed by atoms with van der Waals surface area (Å²) in [6, 6.07) is 23.2. The van der Waals surface area contributed by atoms with Crippen molar-refractivity contribution in [3.05, 3.63) is 95.9 Å². The van der Waals surface area contributed by atoms with Crippen LogP contribution in [-0.4, -0.2) is 23.2 Å². The Morgan fingerprint density at radius 1 is 0.875 bits per heavy atom. The fourth-order valence-corrected chi connectivity index (χ4v) is 3.57. The molecule has 7 nitrogen and oxygen atoms in total. The van der Waals surface area contributed by atoms with Crippen molar-refractivity contribution in [2.75, 3.05) is 0 Å². The third-order valence-corrected chi connectivity index (χ3v) is 5.06. The van der Waals surface area contributed by atoms with E-state index in [0.29, 0.717) is 22.7 Å². The number of hydrogen-bond donors (Lipinski definition) is 2. The average molecular weight is 424 g/mol. The molecule has 2 aromatic heterocycles. The number of hydrazone groups is 1. The summed E-state index contributed by atoms with van der Waals surface area (Å²) in [4.78, 5) is 23.9. The third kappa shape index (κ3) is 3.52. The van der Waals surface area contributed by atoms with Crippen molar-refractivity contribution >= 4 is 39.8 Å². The van der Waals surface area contributed by atoms with Crippen LogP contribution in [0.4, 0.5) is 0 Å². The van der Waals surface area contributed by atoms with Crippen LogP contribution in [0.5, 0.6) is 0 Å². The highest BCUT2D eigenvalue weighted by Gasteiger charge is 2.15. The highest BCUT2D eigenvalue weighted by molar-refractivity contribution is 6.08. The lowest BCUT2D eigenvalue weighted by molar-refractivity contribution is 0.0697. The molecular formula is C25H16N2O5. The Bertz CT molecular complexity index is 1510. The molecule has 0 spiro atoms. The highest BCUT2D eigenvalue weighted by atomic mass is 16.4. The predicted octanol–water partition coefficient (Wildman–Crippen LogP) is 5.31. The van der Waals surface area contributed by atoms with E-state index in [1.807, 2.05) is 36.4 Å². The van der Waals surface area contributed by atoms with Crippen molar-refractivity contribution in [1.82, 2.24) is 5.43 Å². The van der Waals surface area contributed by atoms with Crippen LogP contribution in [0.1, 0.15) is 26.7 Å². The van der Waals surface area contributed by atoms with Gasteiger partial charge in [0, 0.05) is 10.9 Å². The third-order valence-electron chi connectivity index (χ3n) is 5.06. The quantitative estimate of drug-likeness (QED) is 0.294. The van der Waals surface area contributed by atoms with E-state index in [-0.39, 0.29) is 11.3 Å². The van der Waals surface area contributed by atoms with E-state index in [1.165, 1.54) is 12.3 Å². The van der Waals surface area contributed by atoms with Gasteiger partial charge in [-0.2, -0.15) is 5.10 Å². The number of carboxylic acid groups (broad SMARTS) is 1. The molecule has 5 aromatic rings. The number of amides is 1. The second kappa shape index (κ2) is 7.88. The van der Waals surface area contributed by atoms with E-state index in [2.05, 4.69) is 10.5 Å². The number of furan rings is 2. The van der Waals surface area contributed by atoms with E-state index in [4.69, 9.17) is 8.83 Å². The molecule has 0 unspecified atom stereocenters. The SMILES string of the molecule is O=C(N/N=C/c1ccc(-c2ccccc2C(=O)O)o1)c1cc2c(ccc3ccccc32)o1. The molecule has 0 fully saturated rings. The van der Waals surface area contributed by atoms with Gasteiger partial charge in [-0.3, -0.25) is 4.79 Å². The average Bonchev–Trinajstić information content (AvgIpc) is 3.46. The number of nitrogens with one attached hydrogen (secondary N) is 1. The summed E-state index contributed by atoms with van der Waals surface area (Å²) in [7, 11) is 0. The van der Waals surface area contributed by atoms with E-state index in [1.54, 1.807) is 36.4 Å². The summed E-state index contributed by atoms with van der Waals surface area (Å²) in [6.07, 6.45) is 1.34. The predicted molar refractivity (Wildman–Crippen MR) is 120 cm³/mol. The number of nitrogens with zero attached hydrogens (tertiary/aromatic N) is 1. The molecule has 0 saturated carbocycles. The van der Waals surface area contributed by atoms with Crippen LogP contribution in [0, 0.1) is 0 Å². The normalized spacial score (nSPS) is 11.4. The number of carboxylic acids is 1. The molecule has 0 aliphatic rings. The molecule has 2 N–H and O–H groups in total. The van der Waals surface area contributed by atoms with E-state index in [0.717, 1.165) is 16.2 Å². The van der Waals surface area contributed by atoms with Crippen molar-refractivity contribution in [1.29, 1.82) is 0 Å². The van der Waals surface area contributed by atoms with Gasteiger partial charge < -0.3 is 13.9 Å². The molecule has 0 bridgehead atoms. The van der Waals surface area contributed by atoms with Gasteiger partial charge in [0.05, 0.1) is 11.8 Å². The Labute approximate surface area is 181 Å². The molecular weight excluding hydrogens is 408 g/mol. The molecule has 3 aromatic carbocycles. The van der Waals surface area contributed by atoms with Crippen molar-refractivity contribution in [3.8, 4) is 11.3 Å². The van der Waals surface area contributed by atoms with E-state index >= 15 is 0 Å². The molecule has 0 saturated heterocycles. The minimum Gasteiger partial charge on any atom is -0.478 e. The minimum absolute atomic E-state index is 0.135. The number of aromatic carboxylic acids is 1.